The van der Waals surface area contributed by atoms with Crippen LogP contribution < -0.4 is 5.32 Å². The Bertz CT molecular complexity index is 846. The molecule has 0 atom stereocenters. The Balaban J connectivity index is 2.09. The molecule has 0 spiro atoms. The van der Waals surface area contributed by atoms with E-state index in [0.29, 0.717) is 11.3 Å². The van der Waals surface area contributed by atoms with Crippen molar-refractivity contribution in [3.8, 4) is 0 Å². The lowest BCUT2D eigenvalue weighted by Crippen LogP contribution is -2.08. The average molecular weight is 384 g/mol. The number of methoxy groups -OCH3 is 1. The molecule has 0 aliphatic carbocycles. The number of carbonyl (C=O) groups excluding carboxylic acids is 2. The van der Waals surface area contributed by atoms with Gasteiger partial charge < -0.3 is 10.1 Å². The van der Waals surface area contributed by atoms with Crippen LogP contribution in [0.4, 0.5) is 18.9 Å². The van der Waals surface area contributed by atoms with Gasteiger partial charge in [0, 0.05) is 16.8 Å². The molecule has 2 aromatic rings. The number of rotatable bonds is 4. The fourth-order valence-electron chi connectivity index (χ4n) is 2.00. The Labute approximate surface area is 152 Å². The second-order valence-electron chi connectivity index (χ2n) is 5.13. The van der Waals surface area contributed by atoms with Crippen molar-refractivity contribution in [2.75, 3.05) is 12.4 Å². The molecule has 0 fully saturated rings. The van der Waals surface area contributed by atoms with E-state index in [2.05, 4.69) is 10.1 Å². The zero-order valence-electron chi connectivity index (χ0n) is 13.4. The Kier molecular flexibility index (Phi) is 6.05. The Morgan fingerprint density at radius 2 is 1.77 bits per heavy atom. The van der Waals surface area contributed by atoms with Gasteiger partial charge >= 0.3 is 12.1 Å². The number of hydrogen-bond donors (Lipinski definition) is 1. The van der Waals surface area contributed by atoms with E-state index in [4.69, 9.17) is 11.6 Å². The highest BCUT2D eigenvalue weighted by Crippen LogP contribution is 2.32. The monoisotopic (exact) mass is 383 g/mol. The summed E-state index contributed by atoms with van der Waals surface area (Å²) in [5, 5.41) is 2.60. The molecule has 0 aliphatic heterocycles. The first-order valence-electron chi connectivity index (χ1n) is 7.25. The number of anilines is 1. The molecule has 136 valence electrons. The minimum atomic E-state index is -4.50. The van der Waals surface area contributed by atoms with Gasteiger partial charge in [-0.15, -0.1) is 0 Å². The second kappa shape index (κ2) is 8.05. The van der Waals surface area contributed by atoms with Gasteiger partial charge in [0.05, 0.1) is 18.2 Å². The Morgan fingerprint density at radius 1 is 1.12 bits per heavy atom. The van der Waals surface area contributed by atoms with Crippen LogP contribution >= 0.6 is 11.6 Å². The van der Waals surface area contributed by atoms with Gasteiger partial charge in [0.15, 0.2) is 0 Å². The second-order valence-corrected chi connectivity index (χ2v) is 5.53. The summed E-state index contributed by atoms with van der Waals surface area (Å²) >= 11 is 5.86. The van der Waals surface area contributed by atoms with E-state index in [9.17, 15) is 22.8 Å². The molecular weight excluding hydrogens is 371 g/mol. The van der Waals surface area contributed by atoms with Crippen molar-refractivity contribution in [2.45, 2.75) is 6.18 Å². The molecule has 2 rings (SSSR count). The summed E-state index contributed by atoms with van der Waals surface area (Å²) in [5.74, 6) is -1.08. The molecular formula is C18H13ClF3NO3. The van der Waals surface area contributed by atoms with Gasteiger partial charge in [0.1, 0.15) is 0 Å². The van der Waals surface area contributed by atoms with Crippen molar-refractivity contribution in [3.63, 3.8) is 0 Å². The van der Waals surface area contributed by atoms with Crippen LogP contribution in [0.3, 0.4) is 0 Å². The molecule has 0 radical (unpaired) electrons. The van der Waals surface area contributed by atoms with Crippen molar-refractivity contribution in [1.82, 2.24) is 0 Å². The van der Waals surface area contributed by atoms with Crippen LogP contribution in [0.5, 0.6) is 0 Å². The number of amides is 1. The minimum absolute atomic E-state index is 0.0673. The van der Waals surface area contributed by atoms with E-state index in [1.807, 2.05) is 0 Å². The summed E-state index contributed by atoms with van der Waals surface area (Å²) in [6.07, 6.45) is -2.25. The number of halogens is 4. The molecule has 0 saturated carbocycles. The predicted octanol–water partition coefficient (Wildman–Crippen LogP) is 4.80. The molecule has 0 bridgehead atoms. The molecule has 0 heterocycles. The highest BCUT2D eigenvalue weighted by atomic mass is 35.5. The average Bonchev–Trinajstić information content (AvgIpc) is 2.60. The van der Waals surface area contributed by atoms with Crippen molar-refractivity contribution >= 4 is 35.2 Å². The number of benzene rings is 2. The maximum atomic E-state index is 12.7. The lowest BCUT2D eigenvalue weighted by atomic mass is 10.1. The molecule has 0 unspecified atom stereocenters. The van der Waals surface area contributed by atoms with Crippen LogP contribution in [0.2, 0.25) is 5.02 Å². The minimum Gasteiger partial charge on any atom is -0.465 e. The van der Waals surface area contributed by atoms with E-state index in [0.717, 1.165) is 24.3 Å². The van der Waals surface area contributed by atoms with Crippen molar-refractivity contribution < 1.29 is 27.5 Å². The standard InChI is InChI=1S/C18H13ClF3NO3/c1-26-17(25)11-2-6-14(7-3-11)23-16(24)9-4-12-10-13(18(20,21)22)5-8-15(12)19/h2-10H,1H3,(H,23,24)/b9-4+. The summed E-state index contributed by atoms with van der Waals surface area (Å²) in [6, 6.07) is 8.77. The molecule has 8 heteroatoms. The zero-order chi connectivity index (χ0) is 19.3. The molecule has 1 N–H and O–H groups in total. The van der Waals surface area contributed by atoms with Crippen LogP contribution in [0.25, 0.3) is 6.08 Å². The maximum absolute atomic E-state index is 12.7. The number of nitrogens with one attached hydrogen (secondary N) is 1. The lowest BCUT2D eigenvalue weighted by Gasteiger charge is -2.08. The first-order chi connectivity index (χ1) is 12.2. The van der Waals surface area contributed by atoms with Crippen molar-refractivity contribution in [2.24, 2.45) is 0 Å². The molecule has 1 amide bonds. The fraction of sp³-hybridized carbons (Fsp3) is 0.111. The van der Waals surface area contributed by atoms with E-state index < -0.39 is 23.6 Å². The van der Waals surface area contributed by atoms with E-state index in [-0.39, 0.29) is 10.6 Å². The highest BCUT2D eigenvalue weighted by molar-refractivity contribution is 6.32. The van der Waals surface area contributed by atoms with Crippen molar-refractivity contribution in [1.29, 1.82) is 0 Å². The van der Waals surface area contributed by atoms with Gasteiger partial charge in [0.25, 0.3) is 0 Å². The first kappa shape index (κ1) is 19.5. The van der Waals surface area contributed by atoms with Crippen LogP contribution in [0.15, 0.2) is 48.5 Å². The van der Waals surface area contributed by atoms with Crippen LogP contribution in [-0.4, -0.2) is 19.0 Å². The summed E-state index contributed by atoms with van der Waals surface area (Å²) in [6.45, 7) is 0. The number of hydrogen-bond acceptors (Lipinski definition) is 3. The third kappa shape index (κ3) is 5.10. The predicted molar refractivity (Wildman–Crippen MR) is 91.9 cm³/mol. The number of ether oxygens (including phenoxy) is 1. The number of carbonyl (C=O) groups is 2. The van der Waals surface area contributed by atoms with E-state index >= 15 is 0 Å². The lowest BCUT2D eigenvalue weighted by molar-refractivity contribution is -0.137. The Morgan fingerprint density at radius 3 is 2.35 bits per heavy atom. The molecule has 4 nitrogen and oxygen atoms in total. The van der Waals surface area contributed by atoms with Gasteiger partial charge in [-0.2, -0.15) is 13.2 Å². The Hall–Kier alpha value is -2.80. The summed E-state index contributed by atoms with van der Waals surface area (Å²) in [5.41, 5.74) is -0.0720. The third-order valence-corrected chi connectivity index (χ3v) is 3.66. The number of esters is 1. The van der Waals surface area contributed by atoms with Gasteiger partial charge in [-0.1, -0.05) is 11.6 Å². The quantitative estimate of drug-likeness (QED) is 0.609. The largest absolute Gasteiger partial charge is 0.465 e. The molecule has 0 aliphatic rings. The SMILES string of the molecule is COC(=O)c1ccc(NC(=O)/C=C/c2cc(C(F)(F)F)ccc2Cl)cc1. The molecule has 0 aromatic heterocycles. The smallest absolute Gasteiger partial charge is 0.416 e. The van der Waals surface area contributed by atoms with E-state index in [1.165, 1.54) is 37.5 Å². The van der Waals surface area contributed by atoms with Gasteiger partial charge in [-0.25, -0.2) is 4.79 Å². The summed E-state index contributed by atoms with van der Waals surface area (Å²) in [4.78, 5) is 23.2. The topological polar surface area (TPSA) is 55.4 Å². The normalized spacial score (nSPS) is 11.4. The fourth-order valence-corrected chi connectivity index (χ4v) is 2.19. The van der Waals surface area contributed by atoms with E-state index in [1.54, 1.807) is 0 Å². The van der Waals surface area contributed by atoms with Crippen LogP contribution in [0.1, 0.15) is 21.5 Å². The summed E-state index contributed by atoms with van der Waals surface area (Å²) in [7, 11) is 1.25. The highest BCUT2D eigenvalue weighted by Gasteiger charge is 2.30. The van der Waals surface area contributed by atoms with Crippen LogP contribution in [0, 0.1) is 0 Å². The van der Waals surface area contributed by atoms with Crippen molar-refractivity contribution in [3.05, 3.63) is 70.3 Å². The molecule has 2 aromatic carbocycles. The van der Waals surface area contributed by atoms with Gasteiger partial charge in [-0.3, -0.25) is 4.79 Å². The maximum Gasteiger partial charge on any atom is 0.416 e. The van der Waals surface area contributed by atoms with Crippen LogP contribution in [-0.2, 0) is 15.7 Å². The number of alkyl halides is 3. The molecule has 0 saturated heterocycles. The molecule has 26 heavy (non-hydrogen) atoms. The summed E-state index contributed by atoms with van der Waals surface area (Å²) < 4.78 is 42.7. The third-order valence-electron chi connectivity index (χ3n) is 3.31. The van der Waals surface area contributed by atoms with Gasteiger partial charge in [-0.05, 0) is 54.1 Å². The van der Waals surface area contributed by atoms with Gasteiger partial charge in [0.2, 0.25) is 5.91 Å². The zero-order valence-corrected chi connectivity index (χ0v) is 14.2. The first-order valence-corrected chi connectivity index (χ1v) is 7.62.